The lowest BCUT2D eigenvalue weighted by Gasteiger charge is -2.02. The van der Waals surface area contributed by atoms with Crippen molar-refractivity contribution in [1.29, 1.82) is 0 Å². The van der Waals surface area contributed by atoms with E-state index in [1.54, 1.807) is 6.07 Å². The molecule has 0 saturated carbocycles. The first-order valence-corrected chi connectivity index (χ1v) is 3.84. The Morgan fingerprint density at radius 1 is 1.36 bits per heavy atom. The van der Waals surface area contributed by atoms with Gasteiger partial charge in [-0.2, -0.15) is 0 Å². The van der Waals surface area contributed by atoms with E-state index >= 15 is 0 Å². The summed E-state index contributed by atoms with van der Waals surface area (Å²) in [5.74, 6) is 0.164. The van der Waals surface area contributed by atoms with Crippen LogP contribution in [0.15, 0.2) is 18.2 Å². The van der Waals surface area contributed by atoms with Crippen LogP contribution >= 0.6 is 11.6 Å². The van der Waals surface area contributed by atoms with Crippen LogP contribution in [0.5, 0.6) is 5.75 Å². The Hall–Kier alpha value is -0.950. The summed E-state index contributed by atoms with van der Waals surface area (Å²) in [6.45, 7) is 0. The van der Waals surface area contributed by atoms with E-state index in [0.717, 1.165) is 12.0 Å². The maximum atomic E-state index is 9.22. The van der Waals surface area contributed by atoms with Gasteiger partial charge >= 0.3 is 0 Å². The summed E-state index contributed by atoms with van der Waals surface area (Å²) in [7, 11) is 0. The Morgan fingerprint density at radius 3 is 3.00 bits per heavy atom. The molecule has 0 bridgehead atoms. The van der Waals surface area contributed by atoms with E-state index in [1.807, 2.05) is 18.2 Å². The number of allylic oxidation sites excluding steroid dienone is 1. The maximum Gasteiger partial charge on any atom is 0.134 e. The van der Waals surface area contributed by atoms with Gasteiger partial charge in [-0.3, -0.25) is 0 Å². The second-order valence-corrected chi connectivity index (χ2v) is 2.96. The van der Waals surface area contributed by atoms with Crippen molar-refractivity contribution in [2.24, 2.45) is 0 Å². The van der Waals surface area contributed by atoms with Gasteiger partial charge in [0.2, 0.25) is 0 Å². The van der Waals surface area contributed by atoms with Crippen molar-refractivity contribution in [3.8, 4) is 5.75 Å². The number of aromatic hydroxyl groups is 1. The molecule has 56 valence electrons. The maximum absolute atomic E-state index is 9.22. The number of hydrogen-bond acceptors (Lipinski definition) is 1. The van der Waals surface area contributed by atoms with Crippen LogP contribution in [-0.2, 0) is 6.42 Å². The van der Waals surface area contributed by atoms with Crippen LogP contribution in [0.4, 0.5) is 0 Å². The lowest BCUT2D eigenvalue weighted by molar-refractivity contribution is 0.475. The van der Waals surface area contributed by atoms with Crippen molar-refractivity contribution in [3.05, 3.63) is 34.4 Å². The number of phenols is 1. The van der Waals surface area contributed by atoms with Gasteiger partial charge in [0.25, 0.3) is 0 Å². The molecule has 11 heavy (non-hydrogen) atoms. The number of hydrogen-bond donors (Lipinski definition) is 1. The Labute approximate surface area is 69.9 Å². The first-order valence-electron chi connectivity index (χ1n) is 3.46. The molecule has 1 aliphatic rings. The third-order valence-corrected chi connectivity index (χ3v) is 2.27. The summed E-state index contributed by atoms with van der Waals surface area (Å²) in [5.41, 5.74) is 2.15. The number of benzene rings is 1. The average Bonchev–Trinajstić information content (AvgIpc) is 2.45. The molecule has 0 amide bonds. The molecule has 2 heteroatoms. The third-order valence-electron chi connectivity index (χ3n) is 1.87. The molecule has 0 unspecified atom stereocenters. The van der Waals surface area contributed by atoms with Crippen molar-refractivity contribution in [3.63, 3.8) is 0 Å². The molecule has 0 fully saturated rings. The summed E-state index contributed by atoms with van der Waals surface area (Å²) in [6.07, 6.45) is 4.91. The zero-order valence-corrected chi connectivity index (χ0v) is 6.60. The van der Waals surface area contributed by atoms with Gasteiger partial charge in [-0.1, -0.05) is 29.8 Å². The molecule has 0 radical (unpaired) electrons. The zero-order chi connectivity index (χ0) is 7.84. The van der Waals surface area contributed by atoms with Crippen molar-refractivity contribution >= 4 is 17.7 Å². The molecule has 1 nitrogen and oxygen atoms in total. The van der Waals surface area contributed by atoms with E-state index in [9.17, 15) is 5.11 Å². The second-order valence-electron chi connectivity index (χ2n) is 2.58. The van der Waals surface area contributed by atoms with Crippen LogP contribution < -0.4 is 0 Å². The minimum atomic E-state index is 0.164. The van der Waals surface area contributed by atoms with E-state index in [-0.39, 0.29) is 5.75 Å². The quantitative estimate of drug-likeness (QED) is 0.628. The van der Waals surface area contributed by atoms with Gasteiger partial charge in [0.1, 0.15) is 5.75 Å². The standard InChI is InChI=1S/C9H7ClO/c10-9-7-3-1-2-6(7)4-5-8(9)11/h1,3-5,11H,2H2. The minimum Gasteiger partial charge on any atom is -0.506 e. The van der Waals surface area contributed by atoms with Gasteiger partial charge in [-0.05, 0) is 18.1 Å². The van der Waals surface area contributed by atoms with Gasteiger partial charge in [-0.25, -0.2) is 0 Å². The SMILES string of the molecule is Oc1ccc2c(c1Cl)C=CC2. The monoisotopic (exact) mass is 166 g/mol. The van der Waals surface area contributed by atoms with Gasteiger partial charge in [0, 0.05) is 5.56 Å². The normalized spacial score (nSPS) is 13.5. The highest BCUT2D eigenvalue weighted by atomic mass is 35.5. The van der Waals surface area contributed by atoms with E-state index in [0.29, 0.717) is 5.02 Å². The van der Waals surface area contributed by atoms with Gasteiger partial charge in [0.05, 0.1) is 5.02 Å². The Bertz CT molecular complexity index is 329. The molecule has 1 aliphatic carbocycles. The molecule has 1 aromatic carbocycles. The van der Waals surface area contributed by atoms with Crippen LogP contribution in [0.25, 0.3) is 6.08 Å². The van der Waals surface area contributed by atoms with Gasteiger partial charge in [-0.15, -0.1) is 0 Å². The molecule has 0 atom stereocenters. The first kappa shape index (κ1) is 6.74. The zero-order valence-electron chi connectivity index (χ0n) is 5.84. The predicted octanol–water partition coefficient (Wildman–Crippen LogP) is 2.61. The largest absolute Gasteiger partial charge is 0.506 e. The van der Waals surface area contributed by atoms with Gasteiger partial charge < -0.3 is 5.11 Å². The van der Waals surface area contributed by atoms with Crippen LogP contribution in [0.1, 0.15) is 11.1 Å². The molecule has 1 aromatic rings. The van der Waals surface area contributed by atoms with E-state index in [2.05, 4.69) is 0 Å². The van der Waals surface area contributed by atoms with Crippen LogP contribution in [-0.4, -0.2) is 5.11 Å². The average molecular weight is 167 g/mol. The van der Waals surface area contributed by atoms with Crippen LogP contribution in [0.3, 0.4) is 0 Å². The predicted molar refractivity (Wildman–Crippen MR) is 45.9 cm³/mol. The van der Waals surface area contributed by atoms with E-state index in [4.69, 9.17) is 11.6 Å². The summed E-state index contributed by atoms with van der Waals surface area (Å²) < 4.78 is 0. The van der Waals surface area contributed by atoms with Crippen LogP contribution in [0, 0.1) is 0 Å². The molecule has 0 heterocycles. The topological polar surface area (TPSA) is 20.2 Å². The highest BCUT2D eigenvalue weighted by Gasteiger charge is 2.10. The number of halogens is 1. The molecule has 0 saturated heterocycles. The summed E-state index contributed by atoms with van der Waals surface area (Å²) in [6, 6.07) is 3.53. The third kappa shape index (κ3) is 0.925. The number of rotatable bonds is 0. The van der Waals surface area contributed by atoms with Crippen molar-refractivity contribution < 1.29 is 5.11 Å². The number of phenolic OH excluding ortho intramolecular Hbond substituents is 1. The number of fused-ring (bicyclic) bond motifs is 1. The second kappa shape index (κ2) is 2.28. The fourth-order valence-electron chi connectivity index (χ4n) is 1.28. The fourth-order valence-corrected chi connectivity index (χ4v) is 1.53. The summed E-state index contributed by atoms with van der Waals surface area (Å²) in [5, 5.41) is 9.69. The lowest BCUT2D eigenvalue weighted by atomic mass is 10.1. The lowest BCUT2D eigenvalue weighted by Crippen LogP contribution is -1.81. The van der Waals surface area contributed by atoms with Crippen molar-refractivity contribution in [2.45, 2.75) is 6.42 Å². The van der Waals surface area contributed by atoms with Gasteiger partial charge in [0.15, 0.2) is 0 Å². The van der Waals surface area contributed by atoms with Crippen LogP contribution in [0.2, 0.25) is 5.02 Å². The highest BCUT2D eigenvalue weighted by molar-refractivity contribution is 6.33. The summed E-state index contributed by atoms with van der Waals surface area (Å²) >= 11 is 5.84. The molecular formula is C9H7ClO. The first-order chi connectivity index (χ1) is 5.29. The van der Waals surface area contributed by atoms with Crippen molar-refractivity contribution in [2.75, 3.05) is 0 Å². The fraction of sp³-hybridized carbons (Fsp3) is 0.111. The Balaban J connectivity index is 2.70. The van der Waals surface area contributed by atoms with E-state index in [1.165, 1.54) is 5.56 Å². The smallest absolute Gasteiger partial charge is 0.134 e. The van der Waals surface area contributed by atoms with E-state index < -0.39 is 0 Å². The minimum absolute atomic E-state index is 0.164. The molecular weight excluding hydrogens is 160 g/mol. The Kier molecular flexibility index (Phi) is 1.40. The molecule has 0 spiro atoms. The molecule has 0 aliphatic heterocycles. The molecule has 2 rings (SSSR count). The Morgan fingerprint density at radius 2 is 2.18 bits per heavy atom. The molecule has 0 aromatic heterocycles. The van der Waals surface area contributed by atoms with Crippen molar-refractivity contribution in [1.82, 2.24) is 0 Å². The molecule has 1 N–H and O–H groups in total. The highest BCUT2D eigenvalue weighted by Crippen LogP contribution is 2.33. The summed E-state index contributed by atoms with van der Waals surface area (Å²) in [4.78, 5) is 0.